The van der Waals surface area contributed by atoms with Gasteiger partial charge in [0.2, 0.25) is 0 Å². The molecule has 0 saturated carbocycles. The van der Waals surface area contributed by atoms with Gasteiger partial charge in [-0.3, -0.25) is 4.79 Å². The van der Waals surface area contributed by atoms with Crippen LogP contribution in [0, 0.1) is 0 Å². The summed E-state index contributed by atoms with van der Waals surface area (Å²) in [5.74, 6) is -1.29. The fraction of sp³-hybridized carbons (Fsp3) is 0.333. The summed E-state index contributed by atoms with van der Waals surface area (Å²) in [5.41, 5.74) is 6.32. The number of halogens is 1. The molecule has 0 radical (unpaired) electrons. The van der Waals surface area contributed by atoms with Gasteiger partial charge in [-0.1, -0.05) is 11.6 Å². The van der Waals surface area contributed by atoms with Crippen LogP contribution in [0.25, 0.3) is 0 Å². The number of nitrogens with zero attached hydrogens (tertiary/aromatic N) is 1. The number of anilines is 1. The van der Waals surface area contributed by atoms with Crippen LogP contribution in [0.15, 0.2) is 18.2 Å². The van der Waals surface area contributed by atoms with Gasteiger partial charge < -0.3 is 15.7 Å². The number of hydrogen-bond acceptors (Lipinski definition) is 3. The molecule has 3 N–H and O–H groups in total. The molecule has 1 aromatic rings. The fourth-order valence-electron chi connectivity index (χ4n) is 2.09. The Kier molecular flexibility index (Phi) is 3.43. The molecule has 1 amide bonds. The number of carbonyl (C=O) groups excluding carboxylic acids is 1. The Balaban J connectivity index is 2.25. The normalized spacial score (nSPS) is 18.9. The maximum Gasteiger partial charge on any atom is 0.326 e. The molecule has 6 heteroatoms. The molecule has 1 atom stereocenters. The second kappa shape index (κ2) is 4.86. The predicted molar refractivity (Wildman–Crippen MR) is 67.6 cm³/mol. The summed E-state index contributed by atoms with van der Waals surface area (Å²) in [5, 5.41) is 9.34. The molecule has 5 nitrogen and oxygen atoms in total. The highest BCUT2D eigenvalue weighted by Crippen LogP contribution is 2.24. The molecule has 0 aliphatic carbocycles. The largest absolute Gasteiger partial charge is 0.480 e. The van der Waals surface area contributed by atoms with Gasteiger partial charge >= 0.3 is 5.97 Å². The molecule has 18 heavy (non-hydrogen) atoms. The molecule has 2 rings (SSSR count). The second-order valence-electron chi connectivity index (χ2n) is 4.23. The minimum atomic E-state index is -0.970. The highest BCUT2D eigenvalue weighted by atomic mass is 35.5. The number of benzene rings is 1. The van der Waals surface area contributed by atoms with Crippen LogP contribution < -0.4 is 5.73 Å². The lowest BCUT2D eigenvalue weighted by molar-refractivity contribution is -0.141. The van der Waals surface area contributed by atoms with E-state index in [1.807, 2.05) is 0 Å². The van der Waals surface area contributed by atoms with Crippen molar-refractivity contribution in [1.29, 1.82) is 0 Å². The van der Waals surface area contributed by atoms with Crippen molar-refractivity contribution < 1.29 is 14.7 Å². The number of likely N-dealkylation sites (tertiary alicyclic amines) is 1. The maximum atomic E-state index is 12.2. The van der Waals surface area contributed by atoms with Gasteiger partial charge in [-0.2, -0.15) is 0 Å². The van der Waals surface area contributed by atoms with Gasteiger partial charge in [0.1, 0.15) is 6.04 Å². The SMILES string of the molecule is Nc1ccc(C(=O)N2CCC[C@H]2C(=O)O)cc1Cl. The van der Waals surface area contributed by atoms with Crippen molar-refractivity contribution in [3.63, 3.8) is 0 Å². The van der Waals surface area contributed by atoms with Gasteiger partial charge in [0.25, 0.3) is 5.91 Å². The molecule has 96 valence electrons. The number of nitrogens with two attached hydrogens (primary N) is 1. The van der Waals surface area contributed by atoms with Crippen molar-refractivity contribution in [3.05, 3.63) is 28.8 Å². The minimum Gasteiger partial charge on any atom is -0.480 e. The summed E-state index contributed by atoms with van der Waals surface area (Å²) in [6.45, 7) is 0.456. The quantitative estimate of drug-likeness (QED) is 0.798. The summed E-state index contributed by atoms with van der Waals surface area (Å²) in [6.07, 6.45) is 1.19. The van der Waals surface area contributed by atoms with Crippen LogP contribution in [0.2, 0.25) is 5.02 Å². The fourth-order valence-corrected chi connectivity index (χ4v) is 2.27. The van der Waals surface area contributed by atoms with Crippen LogP contribution in [0.5, 0.6) is 0 Å². The van der Waals surface area contributed by atoms with Crippen molar-refractivity contribution in [1.82, 2.24) is 4.90 Å². The van der Waals surface area contributed by atoms with E-state index in [1.54, 1.807) is 12.1 Å². The number of rotatable bonds is 2. The van der Waals surface area contributed by atoms with Gasteiger partial charge in [0.15, 0.2) is 0 Å². The van der Waals surface area contributed by atoms with E-state index in [2.05, 4.69) is 0 Å². The topological polar surface area (TPSA) is 83.6 Å². The lowest BCUT2D eigenvalue weighted by atomic mass is 10.1. The number of carboxylic acids is 1. The monoisotopic (exact) mass is 268 g/mol. The Bertz CT molecular complexity index is 504. The summed E-state index contributed by atoms with van der Waals surface area (Å²) in [7, 11) is 0. The van der Waals surface area contributed by atoms with Crippen LogP contribution in [-0.2, 0) is 4.79 Å². The zero-order valence-corrected chi connectivity index (χ0v) is 10.4. The average molecular weight is 269 g/mol. The first-order chi connectivity index (χ1) is 8.50. The van der Waals surface area contributed by atoms with Crippen molar-refractivity contribution >= 4 is 29.2 Å². The van der Waals surface area contributed by atoms with E-state index >= 15 is 0 Å². The Morgan fingerprint density at radius 3 is 2.78 bits per heavy atom. The standard InChI is InChI=1S/C12H13ClN2O3/c13-8-6-7(3-4-9(8)14)11(16)15-5-1-2-10(15)12(17)18/h3-4,6,10H,1-2,5,14H2,(H,17,18)/t10-/m0/s1. The van der Waals surface area contributed by atoms with E-state index in [9.17, 15) is 9.59 Å². The van der Waals surface area contributed by atoms with Crippen molar-refractivity contribution in [2.75, 3.05) is 12.3 Å². The summed E-state index contributed by atoms with van der Waals surface area (Å²) in [4.78, 5) is 24.6. The zero-order chi connectivity index (χ0) is 13.3. The van der Waals surface area contributed by atoms with Gasteiger partial charge in [-0.15, -0.1) is 0 Å². The van der Waals surface area contributed by atoms with E-state index in [1.165, 1.54) is 11.0 Å². The Hall–Kier alpha value is -1.75. The molecule has 1 aliphatic heterocycles. The van der Waals surface area contributed by atoms with Gasteiger partial charge in [0, 0.05) is 12.1 Å². The third kappa shape index (κ3) is 2.26. The van der Waals surface area contributed by atoms with Gasteiger partial charge in [-0.25, -0.2) is 4.79 Å². The molecular weight excluding hydrogens is 256 g/mol. The lowest BCUT2D eigenvalue weighted by Gasteiger charge is -2.21. The molecule has 1 fully saturated rings. The second-order valence-corrected chi connectivity index (χ2v) is 4.64. The van der Waals surface area contributed by atoms with E-state index in [0.29, 0.717) is 35.7 Å². The number of carbonyl (C=O) groups is 2. The van der Waals surface area contributed by atoms with Gasteiger partial charge in [-0.05, 0) is 31.0 Å². The first kappa shape index (κ1) is 12.7. The number of aliphatic carboxylic acids is 1. The number of amides is 1. The van der Waals surface area contributed by atoms with E-state index in [-0.39, 0.29) is 5.91 Å². The van der Waals surface area contributed by atoms with Crippen molar-refractivity contribution in [3.8, 4) is 0 Å². The molecule has 0 bridgehead atoms. The van der Waals surface area contributed by atoms with Crippen LogP contribution in [0.3, 0.4) is 0 Å². The van der Waals surface area contributed by atoms with Crippen LogP contribution in [0.4, 0.5) is 5.69 Å². The van der Waals surface area contributed by atoms with Crippen LogP contribution in [-0.4, -0.2) is 34.5 Å². The third-order valence-corrected chi connectivity index (χ3v) is 3.37. The molecule has 1 saturated heterocycles. The first-order valence-electron chi connectivity index (χ1n) is 5.59. The maximum absolute atomic E-state index is 12.2. The first-order valence-corrected chi connectivity index (χ1v) is 5.97. The summed E-state index contributed by atoms with van der Waals surface area (Å²) < 4.78 is 0. The predicted octanol–water partition coefficient (Wildman–Crippen LogP) is 1.61. The lowest BCUT2D eigenvalue weighted by Crippen LogP contribution is -2.40. The minimum absolute atomic E-state index is 0.298. The smallest absolute Gasteiger partial charge is 0.326 e. The molecule has 0 aromatic heterocycles. The summed E-state index contributed by atoms with van der Waals surface area (Å²) in [6, 6.07) is 3.83. The molecule has 1 aliphatic rings. The zero-order valence-electron chi connectivity index (χ0n) is 9.60. The Labute approximate surface area is 109 Å². The van der Waals surface area contributed by atoms with E-state index in [4.69, 9.17) is 22.4 Å². The Morgan fingerprint density at radius 1 is 1.44 bits per heavy atom. The molecule has 1 heterocycles. The molecule has 0 unspecified atom stereocenters. The Morgan fingerprint density at radius 2 is 2.17 bits per heavy atom. The van der Waals surface area contributed by atoms with Gasteiger partial charge in [0.05, 0.1) is 10.7 Å². The van der Waals surface area contributed by atoms with Crippen LogP contribution in [0.1, 0.15) is 23.2 Å². The molecular formula is C12H13ClN2O3. The number of hydrogen-bond donors (Lipinski definition) is 2. The molecule has 0 spiro atoms. The highest BCUT2D eigenvalue weighted by molar-refractivity contribution is 6.33. The van der Waals surface area contributed by atoms with Crippen LogP contribution >= 0.6 is 11.6 Å². The van der Waals surface area contributed by atoms with E-state index in [0.717, 1.165) is 0 Å². The number of carboxylic acid groups (broad SMARTS) is 1. The number of nitrogen functional groups attached to an aromatic ring is 1. The van der Waals surface area contributed by atoms with E-state index < -0.39 is 12.0 Å². The summed E-state index contributed by atoms with van der Waals surface area (Å²) >= 11 is 5.85. The van der Waals surface area contributed by atoms with Crippen molar-refractivity contribution in [2.45, 2.75) is 18.9 Å². The third-order valence-electron chi connectivity index (χ3n) is 3.05. The average Bonchev–Trinajstić information content (AvgIpc) is 2.81. The van der Waals surface area contributed by atoms with Crippen molar-refractivity contribution in [2.24, 2.45) is 0 Å². The molecule has 1 aromatic carbocycles. The highest BCUT2D eigenvalue weighted by Gasteiger charge is 2.34.